The van der Waals surface area contributed by atoms with Gasteiger partial charge in [-0.05, 0) is 67.1 Å². The van der Waals surface area contributed by atoms with Gasteiger partial charge < -0.3 is 15.5 Å². The molecule has 0 aromatic heterocycles. The van der Waals surface area contributed by atoms with Crippen molar-refractivity contribution in [1.82, 2.24) is 15.5 Å². The van der Waals surface area contributed by atoms with Crippen LogP contribution in [0.1, 0.15) is 58.6 Å². The summed E-state index contributed by atoms with van der Waals surface area (Å²) in [7, 11) is 0. The Bertz CT molecular complexity index is 1060. The van der Waals surface area contributed by atoms with Crippen LogP contribution in [-0.4, -0.2) is 41.8 Å². The lowest BCUT2D eigenvalue weighted by Gasteiger charge is -2.29. The van der Waals surface area contributed by atoms with Crippen LogP contribution in [0, 0.1) is 0 Å². The van der Waals surface area contributed by atoms with Crippen molar-refractivity contribution >= 4 is 23.4 Å². The molecule has 2 aromatic rings. The SMILES string of the molecule is O=C1CCC(N2Cc3c(CNc4ccccc4C4CCNCC4)cccc3C2=O)C(=O)N1. The van der Waals surface area contributed by atoms with Gasteiger partial charge in [0.1, 0.15) is 6.04 Å². The van der Waals surface area contributed by atoms with Gasteiger partial charge in [-0.1, -0.05) is 30.3 Å². The number of hydrogen-bond donors (Lipinski definition) is 3. The molecule has 0 saturated carbocycles. The molecular formula is C25H28N4O3. The number of rotatable bonds is 5. The van der Waals surface area contributed by atoms with E-state index in [0.29, 0.717) is 31.0 Å². The molecule has 0 radical (unpaired) electrons. The van der Waals surface area contributed by atoms with Crippen molar-refractivity contribution in [1.29, 1.82) is 0 Å². The third-order valence-corrected chi connectivity index (χ3v) is 6.89. The van der Waals surface area contributed by atoms with E-state index < -0.39 is 6.04 Å². The number of carbonyl (C=O) groups is 3. The first-order valence-electron chi connectivity index (χ1n) is 11.4. The van der Waals surface area contributed by atoms with Gasteiger partial charge >= 0.3 is 0 Å². The molecule has 32 heavy (non-hydrogen) atoms. The third-order valence-electron chi connectivity index (χ3n) is 6.89. The van der Waals surface area contributed by atoms with Crippen LogP contribution in [0.4, 0.5) is 5.69 Å². The van der Waals surface area contributed by atoms with E-state index in [1.165, 1.54) is 5.56 Å². The van der Waals surface area contributed by atoms with Crippen LogP contribution in [0.25, 0.3) is 0 Å². The maximum Gasteiger partial charge on any atom is 0.255 e. The lowest BCUT2D eigenvalue weighted by Crippen LogP contribution is -2.52. The Morgan fingerprint density at radius 3 is 2.59 bits per heavy atom. The molecule has 3 N–H and O–H groups in total. The van der Waals surface area contributed by atoms with Crippen LogP contribution >= 0.6 is 0 Å². The summed E-state index contributed by atoms with van der Waals surface area (Å²) in [6.45, 7) is 3.10. The fourth-order valence-corrected chi connectivity index (χ4v) is 5.15. The molecule has 5 rings (SSSR count). The van der Waals surface area contributed by atoms with Gasteiger partial charge in [0.15, 0.2) is 0 Å². The monoisotopic (exact) mass is 432 g/mol. The molecule has 2 aromatic carbocycles. The smallest absolute Gasteiger partial charge is 0.255 e. The highest BCUT2D eigenvalue weighted by atomic mass is 16.2. The zero-order valence-electron chi connectivity index (χ0n) is 18.0. The Balaban J connectivity index is 1.34. The maximum absolute atomic E-state index is 13.0. The summed E-state index contributed by atoms with van der Waals surface area (Å²) in [6, 6.07) is 13.7. The summed E-state index contributed by atoms with van der Waals surface area (Å²) >= 11 is 0. The van der Waals surface area contributed by atoms with Gasteiger partial charge in [-0.15, -0.1) is 0 Å². The summed E-state index contributed by atoms with van der Waals surface area (Å²) in [5, 5.41) is 9.40. The number of carbonyl (C=O) groups excluding carboxylic acids is 3. The van der Waals surface area contributed by atoms with E-state index in [9.17, 15) is 14.4 Å². The van der Waals surface area contributed by atoms with Crippen LogP contribution in [0.15, 0.2) is 42.5 Å². The first-order chi connectivity index (χ1) is 15.6. The Hall–Kier alpha value is -3.19. The van der Waals surface area contributed by atoms with Gasteiger partial charge in [0.25, 0.3) is 5.91 Å². The number of nitrogens with zero attached hydrogens (tertiary/aromatic N) is 1. The summed E-state index contributed by atoms with van der Waals surface area (Å²) in [4.78, 5) is 38.5. The Morgan fingerprint density at radius 1 is 0.969 bits per heavy atom. The summed E-state index contributed by atoms with van der Waals surface area (Å²) in [5.41, 5.74) is 5.17. The fourth-order valence-electron chi connectivity index (χ4n) is 5.15. The molecule has 2 saturated heterocycles. The molecule has 0 bridgehead atoms. The van der Waals surface area contributed by atoms with E-state index in [-0.39, 0.29) is 24.1 Å². The van der Waals surface area contributed by atoms with Gasteiger partial charge in [-0.2, -0.15) is 0 Å². The van der Waals surface area contributed by atoms with E-state index in [1.807, 2.05) is 18.2 Å². The van der Waals surface area contributed by atoms with E-state index in [0.717, 1.165) is 42.7 Å². The number of fused-ring (bicyclic) bond motifs is 1. The molecule has 3 amide bonds. The number of amides is 3. The Kier molecular flexibility index (Phi) is 5.66. The summed E-state index contributed by atoms with van der Waals surface area (Å²) in [6.07, 6.45) is 2.91. The van der Waals surface area contributed by atoms with E-state index in [1.54, 1.807) is 4.90 Å². The van der Waals surface area contributed by atoms with Crippen LogP contribution in [-0.2, 0) is 22.7 Å². The van der Waals surface area contributed by atoms with Gasteiger partial charge in [0, 0.05) is 30.8 Å². The summed E-state index contributed by atoms with van der Waals surface area (Å²) < 4.78 is 0. The second-order valence-corrected chi connectivity index (χ2v) is 8.81. The molecule has 3 aliphatic rings. The van der Waals surface area contributed by atoms with Crippen molar-refractivity contribution < 1.29 is 14.4 Å². The Morgan fingerprint density at radius 2 is 1.78 bits per heavy atom. The van der Waals surface area contributed by atoms with Crippen molar-refractivity contribution in [3.05, 3.63) is 64.7 Å². The predicted molar refractivity (Wildman–Crippen MR) is 121 cm³/mol. The molecular weight excluding hydrogens is 404 g/mol. The molecule has 7 heteroatoms. The first kappa shape index (κ1) is 20.7. The molecule has 0 aliphatic carbocycles. The number of benzene rings is 2. The maximum atomic E-state index is 13.0. The average molecular weight is 433 g/mol. The number of nitrogens with one attached hydrogen (secondary N) is 3. The van der Waals surface area contributed by atoms with Crippen molar-refractivity contribution in [2.24, 2.45) is 0 Å². The number of anilines is 1. The van der Waals surface area contributed by atoms with Crippen LogP contribution in [0.2, 0.25) is 0 Å². The zero-order valence-corrected chi connectivity index (χ0v) is 18.0. The molecule has 166 valence electrons. The van der Waals surface area contributed by atoms with Crippen molar-refractivity contribution in [2.45, 2.75) is 50.7 Å². The minimum absolute atomic E-state index is 0.133. The number of hydrogen-bond acceptors (Lipinski definition) is 5. The zero-order chi connectivity index (χ0) is 22.1. The second kappa shape index (κ2) is 8.74. The Labute approximate surface area is 187 Å². The molecule has 2 fully saturated rings. The van der Waals surface area contributed by atoms with E-state index in [2.05, 4.69) is 40.2 Å². The van der Waals surface area contributed by atoms with Crippen molar-refractivity contribution in [3.63, 3.8) is 0 Å². The highest BCUT2D eigenvalue weighted by Crippen LogP contribution is 2.33. The molecule has 3 heterocycles. The normalized spacial score (nSPS) is 21.4. The minimum Gasteiger partial charge on any atom is -0.381 e. The molecule has 1 unspecified atom stereocenters. The van der Waals surface area contributed by atoms with Gasteiger partial charge in [-0.3, -0.25) is 19.7 Å². The topological polar surface area (TPSA) is 90.5 Å². The van der Waals surface area contributed by atoms with Gasteiger partial charge in [0.05, 0.1) is 0 Å². The second-order valence-electron chi connectivity index (χ2n) is 8.81. The van der Waals surface area contributed by atoms with Crippen LogP contribution in [0.3, 0.4) is 0 Å². The average Bonchev–Trinajstić information content (AvgIpc) is 3.15. The lowest BCUT2D eigenvalue weighted by atomic mass is 9.89. The largest absolute Gasteiger partial charge is 0.381 e. The predicted octanol–water partition coefficient (Wildman–Crippen LogP) is 2.53. The standard InChI is InChI=1S/C25H28N4O3/c30-23-9-8-22(24(31)28-23)29-15-20-17(4-3-6-19(20)25(29)32)14-27-21-7-2-1-5-18(21)16-10-12-26-13-11-16/h1-7,16,22,26-27H,8-15H2,(H,28,30,31). The number of para-hydroxylation sites is 1. The fraction of sp³-hybridized carbons (Fsp3) is 0.400. The van der Waals surface area contributed by atoms with Crippen molar-refractivity contribution in [3.8, 4) is 0 Å². The quantitative estimate of drug-likeness (QED) is 0.632. The number of imide groups is 1. The molecule has 3 aliphatic heterocycles. The first-order valence-corrected chi connectivity index (χ1v) is 11.4. The summed E-state index contributed by atoms with van der Waals surface area (Å²) in [5.74, 6) is -0.233. The highest BCUT2D eigenvalue weighted by molar-refractivity contribution is 6.05. The molecule has 0 spiro atoms. The molecule has 1 atom stereocenters. The van der Waals surface area contributed by atoms with Gasteiger partial charge in [0.2, 0.25) is 11.8 Å². The minimum atomic E-state index is -0.589. The molecule has 7 nitrogen and oxygen atoms in total. The van der Waals surface area contributed by atoms with Gasteiger partial charge in [-0.25, -0.2) is 0 Å². The van der Waals surface area contributed by atoms with Crippen LogP contribution < -0.4 is 16.0 Å². The third kappa shape index (κ3) is 3.88. The highest BCUT2D eigenvalue weighted by Gasteiger charge is 2.39. The van der Waals surface area contributed by atoms with E-state index >= 15 is 0 Å². The van der Waals surface area contributed by atoms with Crippen molar-refractivity contribution in [2.75, 3.05) is 18.4 Å². The van der Waals surface area contributed by atoms with Crippen LogP contribution in [0.5, 0.6) is 0 Å². The number of piperidine rings is 2. The lowest BCUT2D eigenvalue weighted by molar-refractivity contribution is -0.136. The van der Waals surface area contributed by atoms with E-state index in [4.69, 9.17) is 0 Å².